The molecule has 0 saturated carbocycles. The van der Waals surface area contributed by atoms with Gasteiger partial charge in [0.15, 0.2) is 11.3 Å². The van der Waals surface area contributed by atoms with Gasteiger partial charge in [-0.2, -0.15) is 0 Å². The molecule has 3 aromatic rings. The highest BCUT2D eigenvalue weighted by atomic mass is 35.5. The maximum Gasteiger partial charge on any atom is 0.339 e. The highest BCUT2D eigenvalue weighted by Gasteiger charge is 2.20. The highest BCUT2D eigenvalue weighted by Crippen LogP contribution is 2.19. The Morgan fingerprint density at radius 1 is 1.07 bits per heavy atom. The molecule has 0 unspecified atom stereocenters. The molecular weight excluding hydrogens is 392 g/mol. The summed E-state index contributed by atoms with van der Waals surface area (Å²) in [6.45, 7) is 1.86. The number of hydrogen-bond donors (Lipinski definition) is 1. The number of carbonyl (C=O) groups is 2. The van der Waals surface area contributed by atoms with Gasteiger partial charge in [-0.3, -0.25) is 4.79 Å². The molecule has 0 aliphatic rings. The molecule has 148 valence electrons. The molecule has 3 rings (SSSR count). The number of ether oxygens (including phenoxy) is 2. The normalized spacial score (nSPS) is 11.4. The van der Waals surface area contributed by atoms with E-state index in [1.807, 2.05) is 30.3 Å². The lowest BCUT2D eigenvalue weighted by Gasteiger charge is -2.14. The Balaban J connectivity index is 1.58. The number of carbonyl (C=O) groups excluding carboxylic acids is 2. The first kappa shape index (κ1) is 20.4. The molecule has 1 amide bonds. The Hall–Kier alpha value is -3.38. The monoisotopic (exact) mass is 410 g/mol. The first-order valence-electron chi connectivity index (χ1n) is 8.92. The second-order valence-corrected chi connectivity index (χ2v) is 6.54. The Morgan fingerprint density at radius 2 is 1.86 bits per heavy atom. The van der Waals surface area contributed by atoms with Gasteiger partial charge in [-0.25, -0.2) is 9.78 Å². The average molecular weight is 411 g/mol. The standard InChI is InChI=1S/C22H19ClN2O4/c1-15(21(26)25-19-11-6-12-24-20(19)23)29-22(27)17-9-5-10-18(13-17)28-14-16-7-3-2-4-8-16/h2-13,15H,14H2,1H3,(H,25,26)/t15-/m1/s1. The molecule has 7 heteroatoms. The number of nitrogens with zero attached hydrogens (tertiary/aromatic N) is 1. The number of anilines is 1. The van der Waals surface area contributed by atoms with Crippen LogP contribution in [0.4, 0.5) is 5.69 Å². The van der Waals surface area contributed by atoms with Gasteiger partial charge in [0, 0.05) is 6.20 Å². The van der Waals surface area contributed by atoms with E-state index in [0.29, 0.717) is 18.0 Å². The zero-order valence-corrected chi connectivity index (χ0v) is 16.4. The van der Waals surface area contributed by atoms with E-state index < -0.39 is 18.0 Å². The minimum absolute atomic E-state index is 0.155. The zero-order chi connectivity index (χ0) is 20.6. The number of halogens is 1. The summed E-state index contributed by atoms with van der Waals surface area (Å²) < 4.78 is 11.0. The van der Waals surface area contributed by atoms with Crippen molar-refractivity contribution in [2.45, 2.75) is 19.6 Å². The number of benzene rings is 2. The van der Waals surface area contributed by atoms with Crippen molar-refractivity contribution < 1.29 is 19.1 Å². The van der Waals surface area contributed by atoms with E-state index in [1.54, 1.807) is 36.4 Å². The number of rotatable bonds is 7. The van der Waals surface area contributed by atoms with E-state index >= 15 is 0 Å². The van der Waals surface area contributed by atoms with Gasteiger partial charge in [-0.1, -0.05) is 48.0 Å². The van der Waals surface area contributed by atoms with E-state index in [1.165, 1.54) is 13.1 Å². The number of esters is 1. The molecule has 29 heavy (non-hydrogen) atoms. The predicted octanol–water partition coefficient (Wildman–Crippen LogP) is 4.50. The fraction of sp³-hybridized carbons (Fsp3) is 0.136. The minimum atomic E-state index is -1.02. The summed E-state index contributed by atoms with van der Waals surface area (Å²) in [5, 5.41) is 2.74. The van der Waals surface area contributed by atoms with Crippen LogP contribution in [0, 0.1) is 0 Å². The second-order valence-electron chi connectivity index (χ2n) is 6.18. The Morgan fingerprint density at radius 3 is 2.62 bits per heavy atom. The van der Waals surface area contributed by atoms with E-state index in [0.717, 1.165) is 5.56 Å². The van der Waals surface area contributed by atoms with Crippen LogP contribution in [-0.2, 0) is 16.1 Å². The highest BCUT2D eigenvalue weighted by molar-refractivity contribution is 6.32. The van der Waals surface area contributed by atoms with Crippen LogP contribution in [0.25, 0.3) is 0 Å². The smallest absolute Gasteiger partial charge is 0.339 e. The summed E-state index contributed by atoms with van der Waals surface area (Å²) in [5.74, 6) is -0.609. The largest absolute Gasteiger partial charge is 0.489 e. The van der Waals surface area contributed by atoms with Crippen LogP contribution in [0.3, 0.4) is 0 Å². The van der Waals surface area contributed by atoms with E-state index in [9.17, 15) is 9.59 Å². The molecule has 1 heterocycles. The summed E-state index contributed by atoms with van der Waals surface area (Å²) in [7, 11) is 0. The lowest BCUT2D eigenvalue weighted by Crippen LogP contribution is -2.30. The van der Waals surface area contributed by atoms with Crippen LogP contribution in [0.5, 0.6) is 5.75 Å². The van der Waals surface area contributed by atoms with Crippen molar-refractivity contribution in [3.63, 3.8) is 0 Å². The van der Waals surface area contributed by atoms with Crippen molar-refractivity contribution >= 4 is 29.2 Å². The van der Waals surface area contributed by atoms with Gasteiger partial charge in [-0.15, -0.1) is 0 Å². The molecule has 0 bridgehead atoms. The number of hydrogen-bond acceptors (Lipinski definition) is 5. The quantitative estimate of drug-likeness (QED) is 0.458. The summed E-state index contributed by atoms with van der Waals surface area (Å²) in [6.07, 6.45) is 0.488. The molecule has 1 atom stereocenters. The van der Waals surface area contributed by atoms with Crippen molar-refractivity contribution in [1.82, 2.24) is 4.98 Å². The molecule has 6 nitrogen and oxygen atoms in total. The van der Waals surface area contributed by atoms with Crippen molar-refractivity contribution in [2.24, 2.45) is 0 Å². The maximum absolute atomic E-state index is 12.4. The van der Waals surface area contributed by atoms with Gasteiger partial charge < -0.3 is 14.8 Å². The number of pyridine rings is 1. The molecular formula is C22H19ClN2O4. The molecule has 2 aromatic carbocycles. The van der Waals surface area contributed by atoms with Gasteiger partial charge in [0.05, 0.1) is 11.3 Å². The second kappa shape index (κ2) is 9.71. The van der Waals surface area contributed by atoms with Crippen molar-refractivity contribution in [3.05, 3.63) is 89.2 Å². The Kier molecular flexibility index (Phi) is 6.81. The molecule has 0 saturated heterocycles. The van der Waals surface area contributed by atoms with Crippen molar-refractivity contribution in [3.8, 4) is 5.75 Å². The van der Waals surface area contributed by atoms with Gasteiger partial charge in [0.25, 0.3) is 5.91 Å². The first-order chi connectivity index (χ1) is 14.0. The summed E-state index contributed by atoms with van der Waals surface area (Å²) in [5.41, 5.74) is 1.65. The number of amides is 1. The van der Waals surface area contributed by atoms with Crippen molar-refractivity contribution in [2.75, 3.05) is 5.32 Å². The van der Waals surface area contributed by atoms with Crippen LogP contribution < -0.4 is 10.1 Å². The van der Waals surface area contributed by atoms with Gasteiger partial charge >= 0.3 is 5.97 Å². The van der Waals surface area contributed by atoms with Gasteiger partial charge in [-0.05, 0) is 42.8 Å². The molecule has 0 spiro atoms. The molecule has 1 N–H and O–H groups in total. The Labute approximate surface area is 173 Å². The van der Waals surface area contributed by atoms with Crippen LogP contribution in [-0.4, -0.2) is 23.0 Å². The van der Waals surface area contributed by atoms with E-state index in [2.05, 4.69) is 10.3 Å². The minimum Gasteiger partial charge on any atom is -0.489 e. The van der Waals surface area contributed by atoms with E-state index in [4.69, 9.17) is 21.1 Å². The lowest BCUT2D eigenvalue weighted by atomic mass is 10.2. The van der Waals surface area contributed by atoms with Crippen LogP contribution in [0.15, 0.2) is 72.9 Å². The lowest BCUT2D eigenvalue weighted by molar-refractivity contribution is -0.123. The van der Waals surface area contributed by atoms with Crippen LogP contribution in [0.1, 0.15) is 22.8 Å². The Bertz CT molecular complexity index is 995. The molecule has 0 aliphatic heterocycles. The third-order valence-electron chi connectivity index (χ3n) is 3.99. The van der Waals surface area contributed by atoms with E-state index in [-0.39, 0.29) is 10.7 Å². The predicted molar refractivity (Wildman–Crippen MR) is 110 cm³/mol. The summed E-state index contributed by atoms with van der Waals surface area (Å²) in [6, 6.07) is 19.6. The molecule has 1 aromatic heterocycles. The van der Waals surface area contributed by atoms with Gasteiger partial charge in [0.2, 0.25) is 0 Å². The topological polar surface area (TPSA) is 77.5 Å². The number of nitrogens with one attached hydrogen (secondary N) is 1. The summed E-state index contributed by atoms with van der Waals surface area (Å²) in [4.78, 5) is 28.5. The fourth-order valence-electron chi connectivity index (χ4n) is 2.45. The average Bonchev–Trinajstić information content (AvgIpc) is 2.74. The molecule has 0 aliphatic carbocycles. The fourth-order valence-corrected chi connectivity index (χ4v) is 2.62. The maximum atomic E-state index is 12.4. The number of aromatic nitrogens is 1. The molecule has 0 radical (unpaired) electrons. The van der Waals surface area contributed by atoms with Crippen molar-refractivity contribution in [1.29, 1.82) is 0 Å². The third-order valence-corrected chi connectivity index (χ3v) is 4.29. The zero-order valence-electron chi connectivity index (χ0n) is 15.7. The van der Waals surface area contributed by atoms with Crippen LogP contribution in [0.2, 0.25) is 5.15 Å². The summed E-state index contributed by atoms with van der Waals surface area (Å²) >= 11 is 5.92. The third kappa shape index (κ3) is 5.80. The molecule has 0 fully saturated rings. The first-order valence-corrected chi connectivity index (χ1v) is 9.30. The van der Waals surface area contributed by atoms with Crippen LogP contribution >= 0.6 is 11.6 Å². The SMILES string of the molecule is C[C@@H](OC(=O)c1cccc(OCc2ccccc2)c1)C(=O)Nc1cccnc1Cl. The van der Waals surface area contributed by atoms with Gasteiger partial charge in [0.1, 0.15) is 12.4 Å².